The van der Waals surface area contributed by atoms with Gasteiger partial charge in [0.15, 0.2) is 11.6 Å². The third kappa shape index (κ3) is 3.41. The fourth-order valence-corrected chi connectivity index (χ4v) is 2.16. The second-order valence-corrected chi connectivity index (χ2v) is 4.91. The molecular weight excluding hydrogens is 248 g/mol. The number of hydrogen-bond donors (Lipinski definition) is 0. The maximum Gasteiger partial charge on any atom is 0.167 e. The zero-order valence-corrected chi connectivity index (χ0v) is 11.8. The van der Waals surface area contributed by atoms with E-state index in [0.29, 0.717) is 17.5 Å². The van der Waals surface area contributed by atoms with Gasteiger partial charge in [0, 0.05) is 17.5 Å². The van der Waals surface area contributed by atoms with E-state index in [4.69, 9.17) is 0 Å². The van der Waals surface area contributed by atoms with Crippen LogP contribution in [0.2, 0.25) is 0 Å². The number of benzene rings is 2. The summed E-state index contributed by atoms with van der Waals surface area (Å²) in [5.41, 5.74) is 3.42. The number of carbonyl (C=O) groups excluding carboxylic acids is 2. The minimum Gasteiger partial charge on any atom is -0.295 e. The number of ketones is 2. The number of aryl methyl sites for hydroxylation is 1. The van der Waals surface area contributed by atoms with Crippen LogP contribution < -0.4 is 0 Å². The summed E-state index contributed by atoms with van der Waals surface area (Å²) in [6.45, 7) is 3.60. The maximum atomic E-state index is 12.3. The van der Waals surface area contributed by atoms with E-state index in [1.54, 1.807) is 24.3 Å². The first-order valence-corrected chi connectivity index (χ1v) is 6.82. The van der Waals surface area contributed by atoms with Crippen LogP contribution >= 0.6 is 0 Å². The van der Waals surface area contributed by atoms with Crippen molar-refractivity contribution in [2.75, 3.05) is 0 Å². The van der Waals surface area contributed by atoms with Gasteiger partial charge in [0.05, 0.1) is 0 Å². The Morgan fingerprint density at radius 3 is 2.25 bits per heavy atom. The summed E-state index contributed by atoms with van der Waals surface area (Å²) >= 11 is 0. The first-order chi connectivity index (χ1) is 9.60. The summed E-state index contributed by atoms with van der Waals surface area (Å²) < 4.78 is 0. The average Bonchev–Trinajstić information content (AvgIpc) is 2.47. The van der Waals surface area contributed by atoms with Gasteiger partial charge >= 0.3 is 0 Å². The molecule has 2 heteroatoms. The SMILES string of the molecule is CCc1cccc(CC(=O)c2cccc(C(C)=O)c2)c1. The van der Waals surface area contributed by atoms with Gasteiger partial charge in [0.1, 0.15) is 0 Å². The van der Waals surface area contributed by atoms with Gasteiger partial charge in [-0.1, -0.05) is 49.4 Å². The molecule has 0 aliphatic rings. The van der Waals surface area contributed by atoms with Gasteiger partial charge in [-0.25, -0.2) is 0 Å². The Kier molecular flexibility index (Phi) is 4.46. The van der Waals surface area contributed by atoms with Crippen LogP contribution in [0.15, 0.2) is 48.5 Å². The van der Waals surface area contributed by atoms with Gasteiger partial charge in [0.2, 0.25) is 0 Å². The lowest BCUT2D eigenvalue weighted by atomic mass is 9.99. The predicted octanol–water partition coefficient (Wildman–Crippen LogP) is 3.88. The first kappa shape index (κ1) is 14.2. The van der Waals surface area contributed by atoms with Gasteiger partial charge in [-0.3, -0.25) is 9.59 Å². The second kappa shape index (κ2) is 6.29. The largest absolute Gasteiger partial charge is 0.295 e. The van der Waals surface area contributed by atoms with E-state index in [1.807, 2.05) is 12.1 Å². The number of Topliss-reactive ketones (excluding diaryl/α,β-unsaturated/α-hetero) is 2. The van der Waals surface area contributed by atoms with Crippen LogP contribution in [0.5, 0.6) is 0 Å². The van der Waals surface area contributed by atoms with E-state index in [2.05, 4.69) is 19.1 Å². The Morgan fingerprint density at radius 2 is 1.55 bits per heavy atom. The lowest BCUT2D eigenvalue weighted by molar-refractivity contribution is 0.0993. The normalized spacial score (nSPS) is 10.3. The Bertz CT molecular complexity index is 641. The molecule has 0 heterocycles. The molecule has 0 N–H and O–H groups in total. The van der Waals surface area contributed by atoms with E-state index in [1.165, 1.54) is 12.5 Å². The highest BCUT2D eigenvalue weighted by Crippen LogP contribution is 2.12. The number of hydrogen-bond acceptors (Lipinski definition) is 2. The highest BCUT2D eigenvalue weighted by molar-refractivity contribution is 6.01. The number of carbonyl (C=O) groups is 2. The minimum absolute atomic E-state index is 0.0207. The average molecular weight is 266 g/mol. The molecule has 2 nitrogen and oxygen atoms in total. The molecular formula is C18H18O2. The maximum absolute atomic E-state index is 12.3. The van der Waals surface area contributed by atoms with Crippen LogP contribution in [0.25, 0.3) is 0 Å². The highest BCUT2D eigenvalue weighted by Gasteiger charge is 2.09. The van der Waals surface area contributed by atoms with Crippen molar-refractivity contribution in [1.82, 2.24) is 0 Å². The molecule has 0 unspecified atom stereocenters. The predicted molar refractivity (Wildman–Crippen MR) is 80.3 cm³/mol. The van der Waals surface area contributed by atoms with Crippen molar-refractivity contribution in [2.24, 2.45) is 0 Å². The van der Waals surface area contributed by atoms with Crippen LogP contribution in [0.3, 0.4) is 0 Å². The lowest BCUT2D eigenvalue weighted by Crippen LogP contribution is -2.05. The molecule has 0 aliphatic carbocycles. The molecule has 0 aliphatic heterocycles. The third-order valence-electron chi connectivity index (χ3n) is 3.36. The van der Waals surface area contributed by atoms with Crippen LogP contribution in [0.1, 0.15) is 45.7 Å². The standard InChI is InChI=1S/C18H18O2/c1-3-14-6-4-7-15(10-14)11-18(20)17-9-5-8-16(12-17)13(2)19/h4-10,12H,3,11H2,1-2H3. The summed E-state index contributed by atoms with van der Waals surface area (Å²) in [7, 11) is 0. The third-order valence-corrected chi connectivity index (χ3v) is 3.36. The van der Waals surface area contributed by atoms with Gasteiger partial charge in [0.25, 0.3) is 0 Å². The van der Waals surface area contributed by atoms with Crippen molar-refractivity contribution in [3.63, 3.8) is 0 Å². The minimum atomic E-state index is -0.0207. The smallest absolute Gasteiger partial charge is 0.167 e. The van der Waals surface area contributed by atoms with Gasteiger partial charge in [-0.15, -0.1) is 0 Å². The van der Waals surface area contributed by atoms with Crippen LogP contribution in [-0.2, 0) is 12.8 Å². The Labute approximate surface area is 119 Å². The van der Waals surface area contributed by atoms with Gasteiger partial charge < -0.3 is 0 Å². The molecule has 0 atom stereocenters. The highest BCUT2D eigenvalue weighted by atomic mass is 16.1. The molecule has 2 aromatic rings. The lowest BCUT2D eigenvalue weighted by Gasteiger charge is -2.05. The molecule has 0 saturated carbocycles. The van der Waals surface area contributed by atoms with E-state index in [0.717, 1.165) is 12.0 Å². The van der Waals surface area contributed by atoms with Crippen LogP contribution in [0.4, 0.5) is 0 Å². The van der Waals surface area contributed by atoms with E-state index < -0.39 is 0 Å². The first-order valence-electron chi connectivity index (χ1n) is 6.82. The van der Waals surface area contributed by atoms with E-state index in [-0.39, 0.29) is 11.6 Å². The van der Waals surface area contributed by atoms with Crippen molar-refractivity contribution in [2.45, 2.75) is 26.7 Å². The van der Waals surface area contributed by atoms with Gasteiger partial charge in [-0.05, 0) is 30.5 Å². The van der Waals surface area contributed by atoms with Crippen molar-refractivity contribution >= 4 is 11.6 Å². The fourth-order valence-electron chi connectivity index (χ4n) is 2.16. The molecule has 102 valence electrons. The molecule has 0 aromatic heterocycles. The molecule has 0 fully saturated rings. The van der Waals surface area contributed by atoms with Crippen molar-refractivity contribution < 1.29 is 9.59 Å². The van der Waals surface area contributed by atoms with E-state index >= 15 is 0 Å². The second-order valence-electron chi connectivity index (χ2n) is 4.91. The van der Waals surface area contributed by atoms with E-state index in [9.17, 15) is 9.59 Å². The molecule has 0 radical (unpaired) electrons. The van der Waals surface area contributed by atoms with Gasteiger partial charge in [-0.2, -0.15) is 0 Å². The fraction of sp³-hybridized carbons (Fsp3) is 0.222. The molecule has 0 bridgehead atoms. The van der Waals surface area contributed by atoms with Crippen molar-refractivity contribution in [3.8, 4) is 0 Å². The zero-order valence-electron chi connectivity index (χ0n) is 11.8. The summed E-state index contributed by atoms with van der Waals surface area (Å²) in [4.78, 5) is 23.6. The Morgan fingerprint density at radius 1 is 0.900 bits per heavy atom. The zero-order chi connectivity index (χ0) is 14.5. The summed E-state index contributed by atoms with van der Waals surface area (Å²) in [5, 5.41) is 0. The van der Waals surface area contributed by atoms with Crippen molar-refractivity contribution in [1.29, 1.82) is 0 Å². The van der Waals surface area contributed by atoms with Crippen molar-refractivity contribution in [3.05, 3.63) is 70.8 Å². The molecule has 0 saturated heterocycles. The van der Waals surface area contributed by atoms with Crippen LogP contribution in [0, 0.1) is 0 Å². The molecule has 0 spiro atoms. The number of rotatable bonds is 5. The summed E-state index contributed by atoms with van der Waals surface area (Å²) in [6, 6.07) is 15.0. The molecule has 0 amide bonds. The topological polar surface area (TPSA) is 34.1 Å². The monoisotopic (exact) mass is 266 g/mol. The molecule has 20 heavy (non-hydrogen) atoms. The summed E-state index contributed by atoms with van der Waals surface area (Å²) in [5.74, 6) is 0.0222. The summed E-state index contributed by atoms with van der Waals surface area (Å²) in [6.07, 6.45) is 1.33. The molecule has 2 aromatic carbocycles. The Hall–Kier alpha value is -2.22. The molecule has 2 rings (SSSR count). The Balaban J connectivity index is 2.19. The quantitative estimate of drug-likeness (QED) is 0.770. The van der Waals surface area contributed by atoms with Crippen LogP contribution in [-0.4, -0.2) is 11.6 Å².